The number of H-pyrrole nitrogens is 1. The molecule has 0 aromatic carbocycles. The topological polar surface area (TPSA) is 41.2 Å². The molecule has 1 fully saturated rings. The zero-order valence-corrected chi connectivity index (χ0v) is 11.2. The van der Waals surface area contributed by atoms with Gasteiger partial charge in [-0.05, 0) is 25.3 Å². The molecule has 1 aliphatic carbocycles. The van der Waals surface area contributed by atoms with Gasteiger partial charge in [-0.15, -0.1) is 0 Å². The van der Waals surface area contributed by atoms with Crippen molar-refractivity contribution >= 4 is 11.8 Å². The third kappa shape index (κ3) is 2.11. The summed E-state index contributed by atoms with van der Waals surface area (Å²) in [6, 6.07) is 0.526. The molecule has 1 aliphatic heterocycles. The van der Waals surface area contributed by atoms with E-state index in [9.17, 15) is 0 Å². The highest BCUT2D eigenvalue weighted by Crippen LogP contribution is 2.29. The van der Waals surface area contributed by atoms with Crippen molar-refractivity contribution in [2.24, 2.45) is 0 Å². The average molecular weight is 253 g/mol. The number of nitrogens with zero attached hydrogens (tertiary/aromatic N) is 2. The van der Waals surface area contributed by atoms with Crippen LogP contribution in [0.4, 0.5) is 0 Å². The summed E-state index contributed by atoms with van der Waals surface area (Å²) < 4.78 is 6.22. The first-order chi connectivity index (χ1) is 8.28. The van der Waals surface area contributed by atoms with Crippen LogP contribution in [-0.2, 0) is 17.6 Å². The first kappa shape index (κ1) is 11.6. The van der Waals surface area contributed by atoms with Crippen molar-refractivity contribution in [2.45, 2.75) is 31.1 Å². The van der Waals surface area contributed by atoms with Crippen molar-refractivity contribution in [1.29, 1.82) is 0 Å². The maximum absolute atomic E-state index is 6.22. The summed E-state index contributed by atoms with van der Waals surface area (Å²) >= 11 is 1.87. The fourth-order valence-corrected chi connectivity index (χ4v) is 3.54. The Bertz CT molecular complexity index is 395. The number of rotatable bonds is 2. The van der Waals surface area contributed by atoms with Gasteiger partial charge in [0, 0.05) is 30.5 Å². The largest absolute Gasteiger partial charge is 0.371 e. The molecule has 2 heterocycles. The Balaban J connectivity index is 1.77. The van der Waals surface area contributed by atoms with Gasteiger partial charge in [-0.3, -0.25) is 10.00 Å². The van der Waals surface area contributed by atoms with Gasteiger partial charge in [0.2, 0.25) is 0 Å². The quantitative estimate of drug-likeness (QED) is 0.851. The van der Waals surface area contributed by atoms with Gasteiger partial charge in [0.1, 0.15) is 0 Å². The molecule has 17 heavy (non-hydrogen) atoms. The lowest BCUT2D eigenvalue weighted by atomic mass is 9.88. The summed E-state index contributed by atoms with van der Waals surface area (Å²) in [4.78, 5) is 2.46. The molecule has 94 valence electrons. The number of nitrogens with one attached hydrogen (secondary N) is 1. The standard InChI is InChI=1S/C12H19N3OS/c1-15-6-9(7-17-2)16-12-4-10-8(3-11(12)15)5-13-14-10/h5,9,11-12H,3-4,6-7H2,1-2H3,(H,13,14). The highest BCUT2D eigenvalue weighted by molar-refractivity contribution is 7.98. The molecule has 0 spiro atoms. The minimum atomic E-state index is 0.332. The first-order valence-electron chi connectivity index (χ1n) is 6.13. The van der Waals surface area contributed by atoms with Crippen LogP contribution in [0.1, 0.15) is 11.3 Å². The van der Waals surface area contributed by atoms with E-state index in [2.05, 4.69) is 28.4 Å². The van der Waals surface area contributed by atoms with Crippen molar-refractivity contribution in [3.05, 3.63) is 17.5 Å². The van der Waals surface area contributed by atoms with E-state index in [1.54, 1.807) is 0 Å². The van der Waals surface area contributed by atoms with Crippen LogP contribution in [0.3, 0.4) is 0 Å². The summed E-state index contributed by atoms with van der Waals surface area (Å²) in [5, 5.41) is 7.24. The third-order valence-electron chi connectivity index (χ3n) is 3.85. The van der Waals surface area contributed by atoms with Gasteiger partial charge in [0.05, 0.1) is 18.4 Å². The van der Waals surface area contributed by atoms with Crippen LogP contribution < -0.4 is 0 Å². The molecule has 2 aliphatic rings. The van der Waals surface area contributed by atoms with E-state index in [-0.39, 0.29) is 0 Å². The highest BCUT2D eigenvalue weighted by Gasteiger charge is 2.38. The zero-order valence-electron chi connectivity index (χ0n) is 10.3. The van der Waals surface area contributed by atoms with E-state index in [1.807, 2.05) is 18.0 Å². The second-order valence-corrected chi connectivity index (χ2v) is 5.95. The number of aromatic amines is 1. The fraction of sp³-hybridized carbons (Fsp3) is 0.750. The van der Waals surface area contributed by atoms with E-state index in [0.717, 1.165) is 25.1 Å². The predicted molar refractivity (Wildman–Crippen MR) is 69.5 cm³/mol. The average Bonchev–Trinajstić information content (AvgIpc) is 2.74. The van der Waals surface area contributed by atoms with Gasteiger partial charge in [-0.2, -0.15) is 16.9 Å². The Labute approximate surface area is 106 Å². The van der Waals surface area contributed by atoms with Gasteiger partial charge in [0.25, 0.3) is 0 Å². The molecule has 1 aromatic rings. The van der Waals surface area contributed by atoms with Crippen molar-refractivity contribution in [3.8, 4) is 0 Å². The Hall–Kier alpha value is -0.520. The summed E-state index contributed by atoms with van der Waals surface area (Å²) in [6.45, 7) is 1.05. The molecule has 5 heteroatoms. The normalized spacial score (nSPS) is 33.2. The number of aromatic nitrogens is 2. The van der Waals surface area contributed by atoms with Crippen molar-refractivity contribution in [2.75, 3.05) is 25.6 Å². The number of hydrogen-bond donors (Lipinski definition) is 1. The van der Waals surface area contributed by atoms with Crippen molar-refractivity contribution < 1.29 is 4.74 Å². The summed E-state index contributed by atoms with van der Waals surface area (Å²) in [6.07, 6.45) is 6.87. The van der Waals surface area contributed by atoms with E-state index >= 15 is 0 Å². The molecular formula is C12H19N3OS. The molecule has 1 N–H and O–H groups in total. The maximum atomic E-state index is 6.22. The number of morpholine rings is 1. The molecular weight excluding hydrogens is 234 g/mol. The second kappa shape index (κ2) is 4.63. The Morgan fingerprint density at radius 3 is 3.29 bits per heavy atom. The van der Waals surface area contributed by atoms with Gasteiger partial charge in [-0.25, -0.2) is 0 Å². The molecule has 3 rings (SSSR count). The lowest BCUT2D eigenvalue weighted by Gasteiger charge is -2.45. The Morgan fingerprint density at radius 2 is 2.47 bits per heavy atom. The summed E-state index contributed by atoms with van der Waals surface area (Å²) in [7, 11) is 2.22. The number of ether oxygens (including phenoxy) is 1. The summed E-state index contributed by atoms with van der Waals surface area (Å²) in [5.74, 6) is 1.09. The number of thioether (sulfide) groups is 1. The number of hydrogen-bond acceptors (Lipinski definition) is 4. The lowest BCUT2D eigenvalue weighted by Crippen LogP contribution is -2.56. The second-order valence-electron chi connectivity index (χ2n) is 5.04. The Kier molecular flexibility index (Phi) is 3.15. The van der Waals surface area contributed by atoms with E-state index in [1.165, 1.54) is 11.3 Å². The maximum Gasteiger partial charge on any atom is 0.0796 e. The van der Waals surface area contributed by atoms with Gasteiger partial charge >= 0.3 is 0 Å². The zero-order chi connectivity index (χ0) is 11.8. The van der Waals surface area contributed by atoms with Gasteiger partial charge in [0.15, 0.2) is 0 Å². The third-order valence-corrected chi connectivity index (χ3v) is 4.55. The van der Waals surface area contributed by atoms with Crippen LogP contribution in [-0.4, -0.2) is 58.9 Å². The molecule has 1 saturated heterocycles. The minimum absolute atomic E-state index is 0.332. The monoisotopic (exact) mass is 253 g/mol. The number of likely N-dealkylation sites (N-methyl/N-ethyl adjacent to an activating group) is 1. The molecule has 0 saturated carbocycles. The smallest absolute Gasteiger partial charge is 0.0796 e. The molecule has 4 nitrogen and oxygen atoms in total. The molecule has 0 bridgehead atoms. The van der Waals surface area contributed by atoms with Gasteiger partial charge < -0.3 is 4.74 Å². The van der Waals surface area contributed by atoms with Crippen LogP contribution in [0, 0.1) is 0 Å². The molecule has 3 unspecified atom stereocenters. The molecule has 0 amide bonds. The van der Waals surface area contributed by atoms with Gasteiger partial charge in [-0.1, -0.05) is 0 Å². The van der Waals surface area contributed by atoms with Crippen LogP contribution in [0.15, 0.2) is 6.20 Å². The van der Waals surface area contributed by atoms with E-state index in [4.69, 9.17) is 4.74 Å². The first-order valence-corrected chi connectivity index (χ1v) is 7.53. The van der Waals surface area contributed by atoms with E-state index in [0.29, 0.717) is 18.2 Å². The van der Waals surface area contributed by atoms with E-state index < -0.39 is 0 Å². The molecule has 1 aromatic heterocycles. The molecule has 0 radical (unpaired) electrons. The lowest BCUT2D eigenvalue weighted by molar-refractivity contribution is -0.105. The van der Waals surface area contributed by atoms with Crippen LogP contribution in [0.5, 0.6) is 0 Å². The fourth-order valence-electron chi connectivity index (χ4n) is 2.99. The summed E-state index contributed by atoms with van der Waals surface area (Å²) in [5.41, 5.74) is 2.63. The number of fused-ring (bicyclic) bond motifs is 2. The van der Waals surface area contributed by atoms with Crippen molar-refractivity contribution in [1.82, 2.24) is 15.1 Å². The van der Waals surface area contributed by atoms with Crippen LogP contribution in [0.25, 0.3) is 0 Å². The highest BCUT2D eigenvalue weighted by atomic mass is 32.2. The molecule has 3 atom stereocenters. The predicted octanol–water partition coefficient (Wildman–Crippen LogP) is 0.939. The van der Waals surface area contributed by atoms with Crippen LogP contribution in [0.2, 0.25) is 0 Å². The SMILES string of the molecule is CSCC1CN(C)C2Cc3cn[nH]c3CC2O1. The Morgan fingerprint density at radius 1 is 1.59 bits per heavy atom. The van der Waals surface area contributed by atoms with Crippen LogP contribution >= 0.6 is 11.8 Å². The minimum Gasteiger partial charge on any atom is -0.371 e. The van der Waals surface area contributed by atoms with Crippen molar-refractivity contribution in [3.63, 3.8) is 0 Å².